The first-order valence-corrected chi connectivity index (χ1v) is 10.1. The number of rotatable bonds is 5. The molecule has 1 aliphatic rings. The number of nitrogens with one attached hydrogen (secondary N) is 1. The molecule has 11 heteroatoms. The zero-order valence-electron chi connectivity index (χ0n) is 17.6. The van der Waals surface area contributed by atoms with Crippen molar-refractivity contribution in [1.82, 2.24) is 15.5 Å². The first-order chi connectivity index (χ1) is 15.6. The molecule has 1 unspecified atom stereocenters. The molecule has 0 aliphatic carbocycles. The Hall–Kier alpha value is -3.44. The van der Waals surface area contributed by atoms with E-state index in [1.165, 1.54) is 19.1 Å². The average Bonchev–Trinajstić information content (AvgIpc) is 3.31. The Kier molecular flexibility index (Phi) is 6.09. The molecule has 174 valence electrons. The van der Waals surface area contributed by atoms with E-state index in [2.05, 4.69) is 20.4 Å². The van der Waals surface area contributed by atoms with E-state index < -0.39 is 23.4 Å². The number of benzene rings is 2. The van der Waals surface area contributed by atoms with E-state index in [9.17, 15) is 23.1 Å². The van der Waals surface area contributed by atoms with E-state index in [-0.39, 0.29) is 17.3 Å². The number of alkyl halides is 3. The van der Waals surface area contributed by atoms with Gasteiger partial charge in [0.2, 0.25) is 11.5 Å². The average molecular weight is 462 g/mol. The van der Waals surface area contributed by atoms with Crippen molar-refractivity contribution in [2.24, 2.45) is 0 Å². The fourth-order valence-corrected chi connectivity index (χ4v) is 3.36. The number of anilines is 1. The number of aromatic nitrogens is 2. The molecule has 2 N–H and O–H groups in total. The minimum atomic E-state index is -4.53. The summed E-state index contributed by atoms with van der Waals surface area (Å²) < 4.78 is 49.2. The van der Waals surface area contributed by atoms with Crippen molar-refractivity contribution in [2.45, 2.75) is 18.8 Å². The highest BCUT2D eigenvalue weighted by atomic mass is 19.4. The van der Waals surface area contributed by atoms with Crippen molar-refractivity contribution in [3.05, 3.63) is 65.5 Å². The molecule has 0 spiro atoms. The first kappa shape index (κ1) is 22.7. The second-order valence-electron chi connectivity index (χ2n) is 7.67. The highest BCUT2D eigenvalue weighted by molar-refractivity contribution is 5.94. The maximum atomic E-state index is 13.0. The van der Waals surface area contributed by atoms with Gasteiger partial charge in [0.1, 0.15) is 0 Å². The first-order valence-electron chi connectivity index (χ1n) is 10.1. The number of carbonyl (C=O) groups is 1. The van der Waals surface area contributed by atoms with Gasteiger partial charge in [0.15, 0.2) is 0 Å². The molecule has 2 heterocycles. The minimum absolute atomic E-state index is 0.0562. The van der Waals surface area contributed by atoms with Crippen LogP contribution in [0.2, 0.25) is 0 Å². The number of ether oxygens (including phenoxy) is 1. The number of carbonyl (C=O) groups excluding carboxylic acids is 1. The van der Waals surface area contributed by atoms with Crippen LogP contribution in [0.5, 0.6) is 0 Å². The third kappa shape index (κ3) is 5.15. The maximum absolute atomic E-state index is 13.0. The number of hydrogen-bond donors (Lipinski definition) is 2. The molecule has 1 amide bonds. The summed E-state index contributed by atoms with van der Waals surface area (Å²) in [5.41, 5.74) is -1.62. The Balaban J connectivity index is 1.47. The Labute approximate surface area is 187 Å². The van der Waals surface area contributed by atoms with E-state index in [0.29, 0.717) is 18.8 Å². The molecule has 0 saturated carbocycles. The van der Waals surface area contributed by atoms with Gasteiger partial charge in [-0.25, -0.2) is 0 Å². The monoisotopic (exact) mass is 462 g/mol. The smallest absolute Gasteiger partial charge is 0.378 e. The van der Waals surface area contributed by atoms with E-state index in [0.717, 1.165) is 30.9 Å². The van der Waals surface area contributed by atoms with Crippen LogP contribution >= 0.6 is 0 Å². The van der Waals surface area contributed by atoms with Crippen molar-refractivity contribution in [2.75, 3.05) is 31.2 Å². The predicted molar refractivity (Wildman–Crippen MR) is 111 cm³/mol. The number of morpholine rings is 1. The summed E-state index contributed by atoms with van der Waals surface area (Å²) in [5.74, 6) is -1.11. The van der Waals surface area contributed by atoms with Crippen molar-refractivity contribution >= 4 is 11.6 Å². The van der Waals surface area contributed by atoms with Crippen LogP contribution in [0.25, 0.3) is 11.4 Å². The predicted octanol–water partition coefficient (Wildman–Crippen LogP) is 3.19. The lowest BCUT2D eigenvalue weighted by molar-refractivity contribution is -0.137. The number of aliphatic hydroxyl groups is 1. The topological polar surface area (TPSA) is 101 Å². The van der Waals surface area contributed by atoms with E-state index in [1.54, 1.807) is 24.3 Å². The molecule has 1 atom stereocenters. The van der Waals surface area contributed by atoms with E-state index in [1.807, 2.05) is 0 Å². The van der Waals surface area contributed by atoms with Crippen LogP contribution in [0.3, 0.4) is 0 Å². The van der Waals surface area contributed by atoms with Crippen LogP contribution in [0.1, 0.15) is 28.7 Å². The fourth-order valence-electron chi connectivity index (χ4n) is 3.36. The van der Waals surface area contributed by atoms with Gasteiger partial charge in [0, 0.05) is 29.9 Å². The van der Waals surface area contributed by atoms with Crippen LogP contribution in [0, 0.1) is 0 Å². The van der Waals surface area contributed by atoms with E-state index in [4.69, 9.17) is 9.26 Å². The summed E-state index contributed by atoms with van der Waals surface area (Å²) in [6, 6.07) is 11.2. The summed E-state index contributed by atoms with van der Waals surface area (Å²) in [6.07, 6.45) is -4.53. The van der Waals surface area contributed by atoms with Crippen LogP contribution < -0.4 is 10.2 Å². The van der Waals surface area contributed by atoms with E-state index >= 15 is 0 Å². The van der Waals surface area contributed by atoms with Crippen molar-refractivity contribution in [3.63, 3.8) is 0 Å². The summed E-state index contributed by atoms with van der Waals surface area (Å²) in [6.45, 7) is 4.02. The Morgan fingerprint density at radius 2 is 1.82 bits per heavy atom. The number of nitrogens with zero attached hydrogens (tertiary/aromatic N) is 3. The summed E-state index contributed by atoms with van der Waals surface area (Å²) in [7, 11) is 0. The van der Waals surface area contributed by atoms with Crippen molar-refractivity contribution in [3.8, 4) is 11.4 Å². The zero-order chi connectivity index (χ0) is 23.6. The number of amides is 1. The second kappa shape index (κ2) is 8.83. The largest absolute Gasteiger partial charge is 0.416 e. The molecule has 1 aromatic heterocycles. The van der Waals surface area contributed by atoms with Gasteiger partial charge in [-0.05, 0) is 43.3 Å². The summed E-state index contributed by atoms with van der Waals surface area (Å²) >= 11 is 0. The summed E-state index contributed by atoms with van der Waals surface area (Å²) in [5, 5.41) is 16.7. The minimum Gasteiger partial charge on any atom is -0.378 e. The third-order valence-corrected chi connectivity index (χ3v) is 5.15. The number of halogens is 3. The quantitative estimate of drug-likeness (QED) is 0.562. The van der Waals surface area contributed by atoms with Gasteiger partial charge >= 0.3 is 6.18 Å². The zero-order valence-corrected chi connectivity index (χ0v) is 17.6. The molecule has 1 fully saturated rings. The molecule has 0 bridgehead atoms. The lowest BCUT2D eigenvalue weighted by atomic mass is 10.1. The molecule has 33 heavy (non-hydrogen) atoms. The molecular formula is C22H21F3N4O4. The molecule has 3 aromatic rings. The fraction of sp³-hybridized carbons (Fsp3) is 0.318. The lowest BCUT2D eigenvalue weighted by Crippen LogP contribution is -2.43. The third-order valence-electron chi connectivity index (χ3n) is 5.15. The molecule has 1 aliphatic heterocycles. The van der Waals surface area contributed by atoms with Crippen molar-refractivity contribution in [1.29, 1.82) is 0 Å². The van der Waals surface area contributed by atoms with Gasteiger partial charge in [0.05, 0.1) is 18.8 Å². The summed E-state index contributed by atoms with van der Waals surface area (Å²) in [4.78, 5) is 18.7. The standard InChI is InChI=1S/C22H21F3N4O4/c1-21(31,20-26-18(28-33-20)15-3-2-4-16(13-15)22(23,24)25)27-19(30)14-5-7-17(8-6-14)29-9-11-32-12-10-29/h2-8,13,31H,9-12H2,1H3,(H,27,30). The molecule has 8 nitrogen and oxygen atoms in total. The number of hydrogen-bond acceptors (Lipinski definition) is 7. The van der Waals surface area contributed by atoms with Crippen LogP contribution in [-0.4, -0.2) is 47.5 Å². The van der Waals surface area contributed by atoms with Gasteiger partial charge < -0.3 is 24.6 Å². The second-order valence-corrected chi connectivity index (χ2v) is 7.67. The van der Waals surface area contributed by atoms with Crippen LogP contribution in [0.15, 0.2) is 53.1 Å². The van der Waals surface area contributed by atoms with Crippen LogP contribution in [0.4, 0.5) is 18.9 Å². The van der Waals surface area contributed by atoms with Gasteiger partial charge in [0.25, 0.3) is 11.8 Å². The Morgan fingerprint density at radius 1 is 1.12 bits per heavy atom. The molecule has 1 saturated heterocycles. The normalized spacial score (nSPS) is 16.3. The Morgan fingerprint density at radius 3 is 2.48 bits per heavy atom. The molecule has 4 rings (SSSR count). The van der Waals surface area contributed by atoms with Crippen molar-refractivity contribution < 1.29 is 32.3 Å². The van der Waals surface area contributed by atoms with Gasteiger partial charge in [-0.3, -0.25) is 4.79 Å². The molecular weight excluding hydrogens is 441 g/mol. The highest BCUT2D eigenvalue weighted by Crippen LogP contribution is 2.32. The van der Waals surface area contributed by atoms with Gasteiger partial charge in [-0.1, -0.05) is 17.3 Å². The highest BCUT2D eigenvalue weighted by Gasteiger charge is 2.34. The van der Waals surface area contributed by atoms with Crippen LogP contribution in [-0.2, 0) is 16.6 Å². The van der Waals surface area contributed by atoms with Gasteiger partial charge in [-0.15, -0.1) is 0 Å². The lowest BCUT2D eigenvalue weighted by Gasteiger charge is -2.29. The van der Waals surface area contributed by atoms with Gasteiger partial charge in [-0.2, -0.15) is 18.2 Å². The Bertz CT molecular complexity index is 1120. The molecule has 0 radical (unpaired) electrons. The maximum Gasteiger partial charge on any atom is 0.416 e. The molecule has 2 aromatic carbocycles. The SMILES string of the molecule is CC(O)(NC(=O)c1ccc(N2CCOCC2)cc1)c1nc(-c2cccc(C(F)(F)F)c2)no1.